The van der Waals surface area contributed by atoms with Gasteiger partial charge in [0.05, 0.1) is 12.8 Å². The molecule has 0 aromatic carbocycles. The van der Waals surface area contributed by atoms with Crippen molar-refractivity contribution in [3.8, 4) is 0 Å². The Kier molecular flexibility index (Phi) is 3.84. The Morgan fingerprint density at radius 2 is 2.30 bits per heavy atom. The summed E-state index contributed by atoms with van der Waals surface area (Å²) in [5.74, 6) is 2.97. The van der Waals surface area contributed by atoms with Gasteiger partial charge in [-0.3, -0.25) is 4.90 Å². The van der Waals surface area contributed by atoms with Crippen molar-refractivity contribution in [2.24, 2.45) is 0 Å². The fourth-order valence-electron chi connectivity index (χ4n) is 2.70. The summed E-state index contributed by atoms with van der Waals surface area (Å²) in [5.41, 5.74) is 0. The van der Waals surface area contributed by atoms with Gasteiger partial charge < -0.3 is 13.7 Å². The quantitative estimate of drug-likeness (QED) is 0.846. The Morgan fingerprint density at radius 1 is 1.40 bits per heavy atom. The Labute approximate surface area is 118 Å². The first-order chi connectivity index (χ1) is 9.78. The Hall–Kier alpha value is -1.66. The van der Waals surface area contributed by atoms with Gasteiger partial charge in [-0.15, -0.1) is 10.2 Å². The molecule has 108 valence electrons. The summed E-state index contributed by atoms with van der Waals surface area (Å²) >= 11 is 0. The molecule has 0 saturated carbocycles. The molecule has 2 aromatic heterocycles. The number of aromatic nitrogens is 3. The SMILES string of the molecule is COCc1nnc2n1CCN(Cc1ccco1)[C@@H](C)C2. The fraction of sp³-hybridized carbons (Fsp3) is 0.571. The van der Waals surface area contributed by atoms with Crippen LogP contribution in [0.4, 0.5) is 0 Å². The summed E-state index contributed by atoms with van der Waals surface area (Å²) in [6.07, 6.45) is 2.63. The Bertz CT molecular complexity index is 550. The molecule has 0 bridgehead atoms. The molecule has 6 heteroatoms. The van der Waals surface area contributed by atoms with Gasteiger partial charge in [0, 0.05) is 32.7 Å². The van der Waals surface area contributed by atoms with E-state index in [2.05, 4.69) is 26.6 Å². The van der Waals surface area contributed by atoms with Gasteiger partial charge >= 0.3 is 0 Å². The molecule has 20 heavy (non-hydrogen) atoms. The highest BCUT2D eigenvalue weighted by atomic mass is 16.5. The summed E-state index contributed by atoms with van der Waals surface area (Å²) in [6, 6.07) is 4.37. The molecule has 2 aromatic rings. The van der Waals surface area contributed by atoms with Crippen LogP contribution >= 0.6 is 0 Å². The van der Waals surface area contributed by atoms with Gasteiger partial charge in [-0.1, -0.05) is 0 Å². The van der Waals surface area contributed by atoms with Crippen molar-refractivity contribution in [1.82, 2.24) is 19.7 Å². The molecular weight excluding hydrogens is 256 g/mol. The monoisotopic (exact) mass is 276 g/mol. The summed E-state index contributed by atoms with van der Waals surface area (Å²) in [7, 11) is 1.68. The lowest BCUT2D eigenvalue weighted by Gasteiger charge is -2.25. The number of nitrogens with zero attached hydrogens (tertiary/aromatic N) is 4. The number of furan rings is 1. The maximum atomic E-state index is 5.45. The molecule has 0 unspecified atom stereocenters. The molecule has 0 aliphatic carbocycles. The van der Waals surface area contributed by atoms with Crippen LogP contribution in [0.2, 0.25) is 0 Å². The number of hydrogen-bond donors (Lipinski definition) is 0. The van der Waals surface area contributed by atoms with E-state index in [1.165, 1.54) is 0 Å². The molecule has 0 radical (unpaired) electrons. The van der Waals surface area contributed by atoms with Crippen molar-refractivity contribution < 1.29 is 9.15 Å². The summed E-state index contributed by atoms with van der Waals surface area (Å²) in [5, 5.41) is 8.52. The third kappa shape index (κ3) is 2.62. The topological polar surface area (TPSA) is 56.3 Å². The van der Waals surface area contributed by atoms with E-state index < -0.39 is 0 Å². The second-order valence-corrected chi connectivity index (χ2v) is 5.22. The normalized spacial score (nSPS) is 19.8. The van der Waals surface area contributed by atoms with E-state index in [1.54, 1.807) is 13.4 Å². The molecule has 0 saturated heterocycles. The van der Waals surface area contributed by atoms with Crippen molar-refractivity contribution in [1.29, 1.82) is 0 Å². The molecule has 6 nitrogen and oxygen atoms in total. The lowest BCUT2D eigenvalue weighted by Crippen LogP contribution is -2.34. The maximum Gasteiger partial charge on any atom is 0.159 e. The summed E-state index contributed by atoms with van der Waals surface area (Å²) in [6.45, 7) is 5.44. The standard InChI is InChI=1S/C14H20N4O2/c1-11-8-13-15-16-14(10-19-2)18(13)6-5-17(11)9-12-4-3-7-20-12/h3-4,7,11H,5-6,8-10H2,1-2H3/t11-/m0/s1. The summed E-state index contributed by atoms with van der Waals surface area (Å²) < 4.78 is 12.8. The first kappa shape index (κ1) is 13.3. The molecule has 0 fully saturated rings. The van der Waals surface area contributed by atoms with Crippen LogP contribution in [0.3, 0.4) is 0 Å². The predicted octanol–water partition coefficient (Wildman–Crippen LogP) is 1.46. The van der Waals surface area contributed by atoms with Crippen LogP contribution in [-0.2, 0) is 30.9 Å². The van der Waals surface area contributed by atoms with Crippen molar-refractivity contribution in [2.45, 2.75) is 39.1 Å². The Morgan fingerprint density at radius 3 is 3.05 bits per heavy atom. The molecule has 0 N–H and O–H groups in total. The van der Waals surface area contributed by atoms with Crippen LogP contribution in [-0.4, -0.2) is 39.4 Å². The zero-order valence-electron chi connectivity index (χ0n) is 12.0. The molecule has 3 heterocycles. The average molecular weight is 276 g/mol. The molecular formula is C14H20N4O2. The summed E-state index contributed by atoms with van der Waals surface area (Å²) in [4.78, 5) is 2.42. The molecule has 0 spiro atoms. The molecule has 0 amide bonds. The van der Waals surface area contributed by atoms with Crippen LogP contribution in [0, 0.1) is 0 Å². The van der Waals surface area contributed by atoms with Gasteiger partial charge in [-0.2, -0.15) is 0 Å². The van der Waals surface area contributed by atoms with E-state index in [9.17, 15) is 0 Å². The highest BCUT2D eigenvalue weighted by Gasteiger charge is 2.24. The van der Waals surface area contributed by atoms with Crippen LogP contribution in [0.15, 0.2) is 22.8 Å². The van der Waals surface area contributed by atoms with E-state index in [0.29, 0.717) is 12.6 Å². The lowest BCUT2D eigenvalue weighted by molar-refractivity contribution is 0.169. The first-order valence-electron chi connectivity index (χ1n) is 6.94. The number of methoxy groups -OCH3 is 1. The fourth-order valence-corrected chi connectivity index (χ4v) is 2.70. The first-order valence-corrected chi connectivity index (χ1v) is 6.94. The smallest absolute Gasteiger partial charge is 0.159 e. The predicted molar refractivity (Wildman–Crippen MR) is 73.0 cm³/mol. The highest BCUT2D eigenvalue weighted by molar-refractivity contribution is 5.02. The number of ether oxygens (including phenoxy) is 1. The van der Waals surface area contributed by atoms with Crippen molar-refractivity contribution >= 4 is 0 Å². The minimum absolute atomic E-state index is 0.418. The zero-order valence-corrected chi connectivity index (χ0v) is 12.0. The number of fused-ring (bicyclic) bond motifs is 1. The van der Waals surface area contributed by atoms with E-state index in [1.807, 2.05) is 12.1 Å². The third-order valence-corrected chi connectivity index (χ3v) is 3.83. The third-order valence-electron chi connectivity index (χ3n) is 3.83. The van der Waals surface area contributed by atoms with Gasteiger partial charge in [0.15, 0.2) is 5.82 Å². The van der Waals surface area contributed by atoms with Gasteiger partial charge in [0.25, 0.3) is 0 Å². The Balaban J connectivity index is 1.74. The minimum atomic E-state index is 0.418. The van der Waals surface area contributed by atoms with E-state index in [-0.39, 0.29) is 0 Å². The minimum Gasteiger partial charge on any atom is -0.468 e. The van der Waals surface area contributed by atoms with Crippen LogP contribution in [0.25, 0.3) is 0 Å². The van der Waals surface area contributed by atoms with Crippen molar-refractivity contribution in [3.05, 3.63) is 35.8 Å². The number of rotatable bonds is 4. The van der Waals surface area contributed by atoms with Crippen molar-refractivity contribution in [3.63, 3.8) is 0 Å². The molecule has 1 aliphatic rings. The van der Waals surface area contributed by atoms with Crippen LogP contribution in [0.5, 0.6) is 0 Å². The van der Waals surface area contributed by atoms with Gasteiger partial charge in [-0.25, -0.2) is 0 Å². The second-order valence-electron chi connectivity index (χ2n) is 5.22. The average Bonchev–Trinajstić information content (AvgIpc) is 3.03. The van der Waals surface area contributed by atoms with E-state index in [0.717, 1.165) is 43.5 Å². The van der Waals surface area contributed by atoms with E-state index in [4.69, 9.17) is 9.15 Å². The molecule has 1 atom stereocenters. The largest absolute Gasteiger partial charge is 0.468 e. The zero-order chi connectivity index (χ0) is 13.9. The maximum absolute atomic E-state index is 5.45. The van der Waals surface area contributed by atoms with Gasteiger partial charge in [0.1, 0.15) is 18.2 Å². The van der Waals surface area contributed by atoms with Gasteiger partial charge in [-0.05, 0) is 19.1 Å². The van der Waals surface area contributed by atoms with Crippen molar-refractivity contribution in [2.75, 3.05) is 13.7 Å². The van der Waals surface area contributed by atoms with E-state index >= 15 is 0 Å². The van der Waals surface area contributed by atoms with Gasteiger partial charge in [0.2, 0.25) is 0 Å². The highest BCUT2D eigenvalue weighted by Crippen LogP contribution is 2.17. The second kappa shape index (κ2) is 5.76. The number of hydrogen-bond acceptors (Lipinski definition) is 5. The van der Waals surface area contributed by atoms with Crippen LogP contribution < -0.4 is 0 Å². The lowest BCUT2D eigenvalue weighted by atomic mass is 10.2. The molecule has 3 rings (SSSR count). The molecule has 1 aliphatic heterocycles. The van der Waals surface area contributed by atoms with Crippen LogP contribution in [0.1, 0.15) is 24.3 Å².